The first kappa shape index (κ1) is 19.1. The Kier molecular flexibility index (Phi) is 5.85. The largest absolute Gasteiger partial charge is 0.339 e. The molecule has 0 aliphatic heterocycles. The molecule has 0 saturated heterocycles. The van der Waals surface area contributed by atoms with E-state index in [1.54, 1.807) is 0 Å². The number of aryl methyl sites for hydroxylation is 2. The highest BCUT2D eigenvalue weighted by atomic mass is 32.2. The first-order chi connectivity index (χ1) is 14.2. The van der Waals surface area contributed by atoms with E-state index in [-0.39, 0.29) is 12.3 Å². The lowest BCUT2D eigenvalue weighted by Gasteiger charge is -2.05. The van der Waals surface area contributed by atoms with Gasteiger partial charge in [-0.2, -0.15) is 4.98 Å². The molecule has 0 radical (unpaired) electrons. The second-order valence-corrected chi connectivity index (χ2v) is 7.36. The average Bonchev–Trinajstić information content (AvgIpc) is 3.40. The van der Waals surface area contributed by atoms with Gasteiger partial charge in [-0.1, -0.05) is 54.2 Å². The van der Waals surface area contributed by atoms with Gasteiger partial charge in [0.05, 0.1) is 5.75 Å². The molecule has 4 aromatic rings. The van der Waals surface area contributed by atoms with Crippen molar-refractivity contribution in [2.24, 2.45) is 0 Å². The van der Waals surface area contributed by atoms with Crippen LogP contribution in [0.4, 0.5) is 5.69 Å². The summed E-state index contributed by atoms with van der Waals surface area (Å²) in [5, 5.41) is 16.7. The van der Waals surface area contributed by atoms with Crippen molar-refractivity contribution in [3.05, 3.63) is 60.0 Å². The lowest BCUT2D eigenvalue weighted by Crippen LogP contribution is -2.12. The zero-order valence-corrected chi connectivity index (χ0v) is 16.7. The van der Waals surface area contributed by atoms with Gasteiger partial charge in [0, 0.05) is 24.9 Å². The molecule has 4 rings (SSSR count). The van der Waals surface area contributed by atoms with Gasteiger partial charge in [0.2, 0.25) is 17.0 Å². The van der Waals surface area contributed by atoms with E-state index >= 15 is 0 Å². The van der Waals surface area contributed by atoms with Crippen molar-refractivity contribution in [2.75, 3.05) is 5.32 Å². The number of aromatic nitrogens is 5. The Morgan fingerprint density at radius 3 is 2.86 bits per heavy atom. The van der Waals surface area contributed by atoms with Gasteiger partial charge in [0.25, 0.3) is 0 Å². The van der Waals surface area contributed by atoms with E-state index in [4.69, 9.17) is 4.52 Å². The Balaban J connectivity index is 1.26. The van der Waals surface area contributed by atoms with E-state index in [9.17, 15) is 4.79 Å². The van der Waals surface area contributed by atoms with E-state index in [2.05, 4.69) is 30.6 Å². The number of benzene rings is 2. The Morgan fingerprint density at radius 2 is 2.03 bits per heavy atom. The smallest absolute Gasteiger partial charge is 0.227 e. The minimum Gasteiger partial charge on any atom is -0.339 e. The van der Waals surface area contributed by atoms with Crippen LogP contribution < -0.4 is 5.32 Å². The normalized spacial score (nSPS) is 11.1. The van der Waals surface area contributed by atoms with E-state index < -0.39 is 0 Å². The maximum atomic E-state index is 12.2. The molecule has 9 heteroatoms. The third-order valence-corrected chi connectivity index (χ3v) is 5.13. The van der Waals surface area contributed by atoms with Crippen LogP contribution in [0.2, 0.25) is 0 Å². The van der Waals surface area contributed by atoms with Crippen molar-refractivity contribution in [3.63, 3.8) is 0 Å². The zero-order valence-electron chi connectivity index (χ0n) is 15.9. The van der Waals surface area contributed by atoms with Crippen LogP contribution in [0.5, 0.6) is 0 Å². The topological polar surface area (TPSA) is 110 Å². The van der Waals surface area contributed by atoms with Crippen molar-refractivity contribution < 1.29 is 9.32 Å². The number of anilines is 1. The highest BCUT2D eigenvalue weighted by Crippen LogP contribution is 2.20. The quantitative estimate of drug-likeness (QED) is 0.427. The predicted octanol–water partition coefficient (Wildman–Crippen LogP) is 3.77. The van der Waals surface area contributed by atoms with Gasteiger partial charge in [-0.15, -0.1) is 5.10 Å². The number of aromatic amines is 1. The summed E-state index contributed by atoms with van der Waals surface area (Å²) in [6, 6.07) is 13.9. The molecule has 0 bridgehead atoms. The van der Waals surface area contributed by atoms with Gasteiger partial charge >= 0.3 is 0 Å². The molecule has 0 aliphatic rings. The molecule has 2 heterocycles. The SMILES string of the molecule is CCc1nc(SCc2noc(CCC(=O)Nc3ccc4ccccc4c3)n2)n[nH]1. The second-order valence-electron chi connectivity index (χ2n) is 6.42. The molecular weight excluding hydrogens is 388 g/mol. The van der Waals surface area contributed by atoms with Crippen molar-refractivity contribution in [1.29, 1.82) is 0 Å². The first-order valence-corrected chi connectivity index (χ1v) is 10.3. The highest BCUT2D eigenvalue weighted by molar-refractivity contribution is 7.98. The van der Waals surface area contributed by atoms with Crippen molar-refractivity contribution in [1.82, 2.24) is 25.3 Å². The fourth-order valence-corrected chi connectivity index (χ4v) is 3.45. The van der Waals surface area contributed by atoms with Crippen LogP contribution in [-0.4, -0.2) is 31.2 Å². The van der Waals surface area contributed by atoms with Crippen LogP contribution in [0.1, 0.15) is 30.9 Å². The molecule has 2 N–H and O–H groups in total. The fourth-order valence-electron chi connectivity index (χ4n) is 2.79. The Morgan fingerprint density at radius 1 is 1.17 bits per heavy atom. The lowest BCUT2D eigenvalue weighted by molar-refractivity contribution is -0.116. The van der Waals surface area contributed by atoms with Crippen LogP contribution in [0, 0.1) is 0 Å². The molecule has 8 nitrogen and oxygen atoms in total. The number of rotatable bonds is 8. The van der Waals surface area contributed by atoms with E-state index in [0.717, 1.165) is 28.7 Å². The molecule has 2 aromatic heterocycles. The molecule has 0 spiro atoms. The zero-order chi connectivity index (χ0) is 20.1. The van der Waals surface area contributed by atoms with Crippen molar-refractivity contribution in [2.45, 2.75) is 37.1 Å². The lowest BCUT2D eigenvalue weighted by atomic mass is 10.1. The molecule has 0 fully saturated rings. The number of nitrogens with one attached hydrogen (secondary N) is 2. The summed E-state index contributed by atoms with van der Waals surface area (Å²) in [7, 11) is 0. The first-order valence-electron chi connectivity index (χ1n) is 9.34. The van der Waals surface area contributed by atoms with Crippen molar-refractivity contribution in [3.8, 4) is 0 Å². The third-order valence-electron chi connectivity index (χ3n) is 4.29. The van der Waals surface area contributed by atoms with Crippen LogP contribution in [0.3, 0.4) is 0 Å². The number of carbonyl (C=O) groups excluding carboxylic acids is 1. The molecule has 0 unspecified atom stereocenters. The summed E-state index contributed by atoms with van der Waals surface area (Å²) in [4.78, 5) is 20.9. The summed E-state index contributed by atoms with van der Waals surface area (Å²) in [6.45, 7) is 2.01. The molecule has 0 atom stereocenters. The van der Waals surface area contributed by atoms with Gasteiger partial charge in [-0.3, -0.25) is 9.89 Å². The minimum atomic E-state index is -0.0952. The molecule has 1 amide bonds. The third kappa shape index (κ3) is 5.00. The maximum Gasteiger partial charge on any atom is 0.227 e. The van der Waals surface area contributed by atoms with Gasteiger partial charge in [-0.25, -0.2) is 4.98 Å². The fraction of sp³-hybridized carbons (Fsp3) is 0.250. The van der Waals surface area contributed by atoms with Crippen LogP contribution >= 0.6 is 11.8 Å². The maximum absolute atomic E-state index is 12.2. The molecule has 0 aliphatic carbocycles. The van der Waals surface area contributed by atoms with Gasteiger partial charge in [-0.05, 0) is 22.9 Å². The van der Waals surface area contributed by atoms with Crippen molar-refractivity contribution >= 4 is 34.1 Å². The summed E-state index contributed by atoms with van der Waals surface area (Å²) in [6.07, 6.45) is 1.46. The summed E-state index contributed by atoms with van der Waals surface area (Å²) >= 11 is 1.43. The number of H-pyrrole nitrogens is 1. The number of carbonyl (C=O) groups is 1. The van der Waals surface area contributed by atoms with Gasteiger partial charge < -0.3 is 9.84 Å². The summed E-state index contributed by atoms with van der Waals surface area (Å²) < 4.78 is 5.23. The summed E-state index contributed by atoms with van der Waals surface area (Å²) in [5.74, 6) is 2.26. The number of thioether (sulfide) groups is 1. The second kappa shape index (κ2) is 8.87. The number of hydrogen-bond acceptors (Lipinski definition) is 7. The standard InChI is InChI=1S/C20H20N6O2S/c1-2-16-23-20(25-24-16)29-12-17-22-19(28-26-17)10-9-18(27)21-15-8-7-13-5-3-4-6-14(13)11-15/h3-8,11H,2,9-10,12H2,1H3,(H,21,27)(H,23,24,25). The number of nitrogens with zero attached hydrogens (tertiary/aromatic N) is 4. The van der Waals surface area contributed by atoms with Crippen LogP contribution in [0.15, 0.2) is 52.1 Å². The van der Waals surface area contributed by atoms with Crippen LogP contribution in [0.25, 0.3) is 10.8 Å². The Hall–Kier alpha value is -3.20. The molecule has 148 valence electrons. The van der Waals surface area contributed by atoms with E-state index in [1.165, 1.54) is 11.8 Å². The highest BCUT2D eigenvalue weighted by Gasteiger charge is 2.11. The van der Waals surface area contributed by atoms with Gasteiger partial charge in [0.15, 0.2) is 5.82 Å². The number of fused-ring (bicyclic) bond motifs is 1. The molecule has 0 saturated carbocycles. The monoisotopic (exact) mass is 408 g/mol. The predicted molar refractivity (Wildman–Crippen MR) is 111 cm³/mol. The summed E-state index contributed by atoms with van der Waals surface area (Å²) in [5.41, 5.74) is 0.772. The number of amides is 1. The van der Waals surface area contributed by atoms with Crippen LogP contribution in [-0.2, 0) is 23.4 Å². The average molecular weight is 408 g/mol. The molecular formula is C20H20N6O2S. The minimum absolute atomic E-state index is 0.0952. The van der Waals surface area contributed by atoms with Gasteiger partial charge in [0.1, 0.15) is 5.82 Å². The molecule has 2 aromatic carbocycles. The van der Waals surface area contributed by atoms with E-state index in [0.29, 0.717) is 29.0 Å². The number of hydrogen-bond donors (Lipinski definition) is 2. The Labute approximate surface area is 171 Å². The molecule has 29 heavy (non-hydrogen) atoms. The van der Waals surface area contributed by atoms with E-state index in [1.807, 2.05) is 49.4 Å². The Bertz CT molecular complexity index is 1120.